The average Bonchev–Trinajstić information content (AvgIpc) is 2.90. The van der Waals surface area contributed by atoms with Crippen molar-refractivity contribution in [2.75, 3.05) is 25.4 Å². The van der Waals surface area contributed by atoms with Crippen LogP contribution in [0.5, 0.6) is 0 Å². The van der Waals surface area contributed by atoms with Crippen molar-refractivity contribution in [2.45, 2.75) is 51.8 Å². The van der Waals surface area contributed by atoms with Gasteiger partial charge in [-0.05, 0) is 32.6 Å². The topological polar surface area (TPSA) is 61.8 Å². The van der Waals surface area contributed by atoms with Gasteiger partial charge in [0.2, 0.25) is 0 Å². The number of hydrogen-bond donors (Lipinski definition) is 1. The first-order valence-electron chi connectivity index (χ1n) is 7.37. The highest BCUT2D eigenvalue weighted by molar-refractivity contribution is 7.92. The van der Waals surface area contributed by atoms with Crippen LogP contribution in [0.3, 0.4) is 0 Å². The third-order valence-corrected chi connectivity index (χ3v) is 7.00. The highest BCUT2D eigenvalue weighted by Crippen LogP contribution is 2.44. The lowest BCUT2D eigenvalue weighted by atomic mass is 10.2. The Morgan fingerprint density at radius 2 is 1.95 bits per heavy atom. The van der Waals surface area contributed by atoms with E-state index < -0.39 is 14.6 Å². The highest BCUT2D eigenvalue weighted by atomic mass is 32.2. The van der Waals surface area contributed by atoms with E-state index in [0.717, 1.165) is 12.4 Å². The summed E-state index contributed by atoms with van der Waals surface area (Å²) >= 11 is 0. The van der Waals surface area contributed by atoms with E-state index in [0.29, 0.717) is 31.1 Å². The van der Waals surface area contributed by atoms with Crippen molar-refractivity contribution in [2.24, 2.45) is 10.4 Å². The summed E-state index contributed by atoms with van der Waals surface area (Å²) in [5, 5.41) is 3.50. The van der Waals surface area contributed by atoms with Crippen LogP contribution in [0.4, 0.5) is 0 Å². The maximum absolute atomic E-state index is 12.1. The molecule has 1 saturated heterocycles. The third kappa shape index (κ3) is 2.95. The number of nitrogens with one attached hydrogen (secondary N) is 1. The van der Waals surface area contributed by atoms with Crippen LogP contribution in [0.1, 0.15) is 41.0 Å². The summed E-state index contributed by atoms with van der Waals surface area (Å²) in [6.45, 7) is 11.8. The average molecular weight is 301 g/mol. The molecule has 0 radical (unpaired) electrons. The van der Waals surface area contributed by atoms with Gasteiger partial charge < -0.3 is 10.2 Å². The summed E-state index contributed by atoms with van der Waals surface area (Å²) in [6.07, 6.45) is 1.14. The monoisotopic (exact) mass is 301 g/mol. The van der Waals surface area contributed by atoms with Gasteiger partial charge in [-0.2, -0.15) is 0 Å². The number of aliphatic imine (C=N–C) groups is 1. The summed E-state index contributed by atoms with van der Waals surface area (Å²) in [6, 6.07) is 0.453. The van der Waals surface area contributed by atoms with Gasteiger partial charge in [0, 0.05) is 25.7 Å². The van der Waals surface area contributed by atoms with E-state index in [1.54, 1.807) is 13.8 Å². The Balaban J connectivity index is 2.10. The number of rotatable bonds is 2. The van der Waals surface area contributed by atoms with Gasteiger partial charge in [-0.3, -0.25) is 4.99 Å². The minimum absolute atomic E-state index is 0.207. The predicted molar refractivity (Wildman–Crippen MR) is 82.7 cm³/mol. The molecule has 2 fully saturated rings. The summed E-state index contributed by atoms with van der Waals surface area (Å²) in [5.41, 5.74) is 0.325. The zero-order chi connectivity index (χ0) is 15.2. The number of guanidine groups is 1. The molecule has 6 heteroatoms. The van der Waals surface area contributed by atoms with Gasteiger partial charge in [-0.15, -0.1) is 0 Å². The molecule has 1 aliphatic heterocycles. The number of nitrogens with zero attached hydrogens (tertiary/aromatic N) is 2. The molecule has 1 heterocycles. The molecule has 0 aromatic rings. The Labute approximate surface area is 122 Å². The molecule has 1 atom stereocenters. The second kappa shape index (κ2) is 4.90. The normalized spacial score (nSPS) is 30.9. The SMILES string of the molecule is CCN=C(NC1CC1(C)C)N1CCS(=O)(=O)C(C)(C)C1. The summed E-state index contributed by atoms with van der Waals surface area (Å²) in [5.74, 6) is 1.07. The Morgan fingerprint density at radius 1 is 1.35 bits per heavy atom. The van der Waals surface area contributed by atoms with Crippen molar-refractivity contribution in [3.8, 4) is 0 Å². The molecule has 1 saturated carbocycles. The first kappa shape index (κ1) is 15.6. The minimum Gasteiger partial charge on any atom is -0.353 e. The van der Waals surface area contributed by atoms with Gasteiger partial charge in [-0.25, -0.2) is 8.42 Å². The fourth-order valence-electron chi connectivity index (χ4n) is 2.58. The number of sulfone groups is 1. The van der Waals surface area contributed by atoms with E-state index >= 15 is 0 Å². The fourth-order valence-corrected chi connectivity index (χ4v) is 3.95. The first-order chi connectivity index (χ1) is 9.09. The molecule has 1 N–H and O–H groups in total. The van der Waals surface area contributed by atoms with Crippen LogP contribution in [0, 0.1) is 5.41 Å². The molecule has 0 aromatic heterocycles. The van der Waals surface area contributed by atoms with E-state index in [2.05, 4.69) is 29.1 Å². The van der Waals surface area contributed by atoms with Crippen LogP contribution in [-0.4, -0.2) is 55.5 Å². The molecule has 5 nitrogen and oxygen atoms in total. The lowest BCUT2D eigenvalue weighted by molar-refractivity contribution is 0.350. The molecule has 0 aromatic carbocycles. The fraction of sp³-hybridized carbons (Fsp3) is 0.929. The summed E-state index contributed by atoms with van der Waals surface area (Å²) in [7, 11) is -3.00. The van der Waals surface area contributed by atoms with Gasteiger partial charge in [0.15, 0.2) is 15.8 Å². The molecular formula is C14H27N3O2S. The Bertz CT molecular complexity index is 509. The third-order valence-electron chi connectivity index (χ3n) is 4.47. The van der Waals surface area contributed by atoms with Crippen molar-refractivity contribution in [1.82, 2.24) is 10.2 Å². The van der Waals surface area contributed by atoms with E-state index in [9.17, 15) is 8.42 Å². The molecule has 116 valence electrons. The van der Waals surface area contributed by atoms with Crippen LogP contribution in [0.15, 0.2) is 4.99 Å². The molecule has 1 aliphatic carbocycles. The lowest BCUT2D eigenvalue weighted by Crippen LogP contribution is -2.57. The van der Waals surface area contributed by atoms with Gasteiger partial charge in [0.05, 0.1) is 10.5 Å². The smallest absolute Gasteiger partial charge is 0.194 e. The second-order valence-corrected chi connectivity index (χ2v) is 9.93. The van der Waals surface area contributed by atoms with Gasteiger partial charge in [0.1, 0.15) is 0 Å². The molecule has 1 unspecified atom stereocenters. The maximum atomic E-state index is 12.1. The van der Waals surface area contributed by atoms with E-state index in [1.807, 2.05) is 6.92 Å². The summed E-state index contributed by atoms with van der Waals surface area (Å²) in [4.78, 5) is 6.64. The second-order valence-electron chi connectivity index (χ2n) is 7.19. The summed E-state index contributed by atoms with van der Waals surface area (Å²) < 4.78 is 23.5. The van der Waals surface area contributed by atoms with Gasteiger partial charge in [-0.1, -0.05) is 13.8 Å². The Morgan fingerprint density at radius 3 is 2.40 bits per heavy atom. The van der Waals surface area contributed by atoms with Crippen molar-refractivity contribution < 1.29 is 8.42 Å². The van der Waals surface area contributed by atoms with E-state index in [-0.39, 0.29) is 5.75 Å². The minimum atomic E-state index is -3.00. The molecule has 20 heavy (non-hydrogen) atoms. The molecule has 2 rings (SSSR count). The highest BCUT2D eigenvalue weighted by Gasteiger charge is 2.47. The quantitative estimate of drug-likeness (QED) is 0.616. The van der Waals surface area contributed by atoms with Crippen LogP contribution in [0.2, 0.25) is 0 Å². The van der Waals surface area contributed by atoms with Crippen molar-refractivity contribution >= 4 is 15.8 Å². The first-order valence-corrected chi connectivity index (χ1v) is 9.02. The van der Waals surface area contributed by atoms with Crippen LogP contribution >= 0.6 is 0 Å². The number of hydrogen-bond acceptors (Lipinski definition) is 3. The van der Waals surface area contributed by atoms with E-state index in [4.69, 9.17) is 0 Å². The van der Waals surface area contributed by atoms with Crippen molar-refractivity contribution in [3.63, 3.8) is 0 Å². The predicted octanol–water partition coefficient (Wildman–Crippen LogP) is 1.26. The Kier molecular flexibility index (Phi) is 3.82. The van der Waals surface area contributed by atoms with Gasteiger partial charge in [0.25, 0.3) is 0 Å². The van der Waals surface area contributed by atoms with Crippen LogP contribution in [-0.2, 0) is 9.84 Å². The zero-order valence-electron chi connectivity index (χ0n) is 13.2. The lowest BCUT2D eigenvalue weighted by Gasteiger charge is -2.39. The molecule has 0 amide bonds. The molecule has 0 bridgehead atoms. The largest absolute Gasteiger partial charge is 0.353 e. The molecular weight excluding hydrogens is 274 g/mol. The van der Waals surface area contributed by atoms with Crippen molar-refractivity contribution in [1.29, 1.82) is 0 Å². The van der Waals surface area contributed by atoms with Crippen LogP contribution < -0.4 is 5.32 Å². The van der Waals surface area contributed by atoms with Crippen molar-refractivity contribution in [3.05, 3.63) is 0 Å². The van der Waals surface area contributed by atoms with E-state index in [1.165, 1.54) is 0 Å². The molecule has 2 aliphatic rings. The Hall–Kier alpha value is -0.780. The molecule has 0 spiro atoms. The van der Waals surface area contributed by atoms with Gasteiger partial charge >= 0.3 is 0 Å². The zero-order valence-corrected chi connectivity index (χ0v) is 14.0. The maximum Gasteiger partial charge on any atom is 0.194 e. The standard InChI is InChI=1S/C14H27N3O2S/c1-6-15-12(16-11-9-13(11,2)3)17-7-8-20(18,19)14(4,5)10-17/h11H,6-10H2,1-5H3,(H,15,16). The van der Waals surface area contributed by atoms with Crippen LogP contribution in [0.25, 0.3) is 0 Å².